The largest absolute Gasteiger partial charge is 0.506 e. The van der Waals surface area contributed by atoms with Gasteiger partial charge in [0.15, 0.2) is 0 Å². The van der Waals surface area contributed by atoms with Crippen LogP contribution in [-0.2, 0) is 20.9 Å². The second-order valence-electron chi connectivity index (χ2n) is 12.9. The highest BCUT2D eigenvalue weighted by Gasteiger charge is 2.27. The molecule has 4 aromatic rings. The van der Waals surface area contributed by atoms with E-state index in [-0.39, 0.29) is 32.7 Å². The lowest BCUT2D eigenvalue weighted by Crippen LogP contribution is -2.26. The van der Waals surface area contributed by atoms with Crippen molar-refractivity contribution in [3.05, 3.63) is 95.1 Å². The molecule has 0 fully saturated rings. The zero-order chi connectivity index (χ0) is 33.0. The first-order valence-electron chi connectivity index (χ1n) is 15.6. The van der Waals surface area contributed by atoms with Crippen LogP contribution in [0.25, 0.3) is 10.8 Å². The number of phenolic OH excluding ortho intramolecular Hbond substituents is 1. The molecule has 0 spiro atoms. The lowest BCUT2D eigenvalue weighted by atomic mass is 9.76. The highest BCUT2D eigenvalue weighted by molar-refractivity contribution is 7.92. The van der Waals surface area contributed by atoms with Crippen molar-refractivity contribution >= 4 is 32.4 Å². The van der Waals surface area contributed by atoms with E-state index in [9.17, 15) is 18.3 Å². The van der Waals surface area contributed by atoms with Gasteiger partial charge in [0.2, 0.25) is 0 Å². The van der Waals surface area contributed by atoms with Gasteiger partial charge in [0, 0.05) is 22.9 Å². The second-order valence-corrected chi connectivity index (χ2v) is 14.6. The monoisotopic (exact) mass is 630 g/mol. The molecule has 0 saturated carbocycles. The van der Waals surface area contributed by atoms with E-state index in [2.05, 4.69) is 69.8 Å². The SMILES string of the molecule is CCC(C)(C)c1ccc(OCCCNC(=O)c2cc(NS(=O)(=O)c3ccc(C)cc3)c3ccccc3c2O)c(C(C)(C)CC)c1. The first-order chi connectivity index (χ1) is 21.2. The molecular formula is C37H46N2O5S. The van der Waals surface area contributed by atoms with Crippen LogP contribution in [0.5, 0.6) is 11.5 Å². The Morgan fingerprint density at radius 1 is 0.867 bits per heavy atom. The van der Waals surface area contributed by atoms with Crippen molar-refractivity contribution in [2.24, 2.45) is 0 Å². The van der Waals surface area contributed by atoms with Gasteiger partial charge >= 0.3 is 0 Å². The number of carbonyl (C=O) groups excluding carboxylic acids is 1. The minimum absolute atomic E-state index is 0.0164. The molecule has 1 amide bonds. The van der Waals surface area contributed by atoms with Gasteiger partial charge in [0.05, 0.1) is 22.8 Å². The summed E-state index contributed by atoms with van der Waals surface area (Å²) in [4.78, 5) is 13.4. The average Bonchev–Trinajstić information content (AvgIpc) is 3.02. The number of anilines is 1. The Labute approximate surface area is 268 Å². The Hall–Kier alpha value is -4.04. The van der Waals surface area contributed by atoms with Gasteiger partial charge in [0.1, 0.15) is 11.5 Å². The van der Waals surface area contributed by atoms with Gasteiger partial charge in [-0.25, -0.2) is 8.42 Å². The molecule has 0 bridgehead atoms. The van der Waals surface area contributed by atoms with Gasteiger partial charge in [-0.2, -0.15) is 0 Å². The fraction of sp³-hybridized carbons (Fsp3) is 0.378. The van der Waals surface area contributed by atoms with Crippen molar-refractivity contribution in [3.63, 3.8) is 0 Å². The number of sulfonamides is 1. The summed E-state index contributed by atoms with van der Waals surface area (Å²) in [5.74, 6) is 0.133. The minimum atomic E-state index is -3.94. The highest BCUT2D eigenvalue weighted by Crippen LogP contribution is 2.39. The van der Waals surface area contributed by atoms with Gasteiger partial charge in [-0.15, -0.1) is 0 Å². The summed E-state index contributed by atoms with van der Waals surface area (Å²) >= 11 is 0. The summed E-state index contributed by atoms with van der Waals surface area (Å²) in [6.07, 6.45) is 2.54. The van der Waals surface area contributed by atoms with Crippen LogP contribution in [0.15, 0.2) is 77.7 Å². The van der Waals surface area contributed by atoms with E-state index in [1.165, 1.54) is 29.3 Å². The fourth-order valence-electron chi connectivity index (χ4n) is 5.09. The van der Waals surface area contributed by atoms with Crippen molar-refractivity contribution in [3.8, 4) is 11.5 Å². The van der Waals surface area contributed by atoms with E-state index in [0.717, 1.165) is 24.2 Å². The Kier molecular flexibility index (Phi) is 10.2. The quantitative estimate of drug-likeness (QED) is 0.102. The van der Waals surface area contributed by atoms with E-state index in [4.69, 9.17) is 4.74 Å². The molecule has 0 aromatic heterocycles. The molecule has 0 unspecified atom stereocenters. The van der Waals surface area contributed by atoms with Crippen LogP contribution in [0.2, 0.25) is 0 Å². The third-order valence-corrected chi connectivity index (χ3v) is 10.3. The van der Waals surface area contributed by atoms with Crippen LogP contribution in [0.4, 0.5) is 5.69 Å². The maximum Gasteiger partial charge on any atom is 0.261 e. The third kappa shape index (κ3) is 7.61. The maximum atomic E-state index is 13.3. The molecule has 45 heavy (non-hydrogen) atoms. The molecule has 4 aromatic carbocycles. The smallest absolute Gasteiger partial charge is 0.261 e. The van der Waals surface area contributed by atoms with Crippen molar-refractivity contribution in [2.45, 2.75) is 83.5 Å². The number of benzene rings is 4. The zero-order valence-electron chi connectivity index (χ0n) is 27.5. The lowest BCUT2D eigenvalue weighted by molar-refractivity contribution is 0.0949. The third-order valence-electron chi connectivity index (χ3n) is 8.96. The zero-order valence-corrected chi connectivity index (χ0v) is 28.3. The second kappa shape index (κ2) is 13.5. The molecule has 0 radical (unpaired) electrons. The standard InChI is InChI=1S/C37H46N2O5S/c1-8-36(4,5)26-17-20-33(31(23-26)37(6,7)9-2)44-22-12-21-38-35(41)30-24-32(28-13-10-11-14-29(28)34(30)40)39-45(42,43)27-18-15-25(3)16-19-27/h10-11,13-20,23-24,39-40H,8-9,12,21-22H2,1-7H3,(H,38,41). The van der Waals surface area contributed by atoms with Gasteiger partial charge in [-0.05, 0) is 66.8 Å². The molecular weight excluding hydrogens is 584 g/mol. The van der Waals surface area contributed by atoms with Crippen molar-refractivity contribution in [1.29, 1.82) is 0 Å². The average molecular weight is 631 g/mol. The van der Waals surface area contributed by atoms with Crippen molar-refractivity contribution < 1.29 is 23.1 Å². The first-order valence-corrected chi connectivity index (χ1v) is 17.1. The number of ether oxygens (including phenoxy) is 1. The van der Waals surface area contributed by atoms with Crippen molar-refractivity contribution in [2.75, 3.05) is 17.9 Å². The number of phenols is 1. The number of nitrogens with one attached hydrogen (secondary N) is 2. The normalized spacial score (nSPS) is 12.2. The lowest BCUT2D eigenvalue weighted by Gasteiger charge is -2.30. The highest BCUT2D eigenvalue weighted by atomic mass is 32.2. The van der Waals surface area contributed by atoms with Crippen LogP contribution in [-0.4, -0.2) is 32.6 Å². The molecule has 240 valence electrons. The Morgan fingerprint density at radius 2 is 1.51 bits per heavy atom. The number of fused-ring (bicyclic) bond motifs is 1. The molecule has 7 nitrogen and oxygen atoms in total. The number of hydrogen-bond donors (Lipinski definition) is 3. The Balaban J connectivity index is 1.48. The number of hydrogen-bond acceptors (Lipinski definition) is 5. The van der Waals surface area contributed by atoms with Gasteiger partial charge in [-0.1, -0.05) is 95.6 Å². The first kappa shape index (κ1) is 33.8. The van der Waals surface area contributed by atoms with Crippen LogP contribution >= 0.6 is 0 Å². The number of carbonyl (C=O) groups is 1. The molecule has 4 rings (SSSR count). The van der Waals surface area contributed by atoms with E-state index < -0.39 is 15.9 Å². The number of amides is 1. The Bertz CT molecular complexity index is 1780. The minimum Gasteiger partial charge on any atom is -0.506 e. The van der Waals surface area contributed by atoms with E-state index >= 15 is 0 Å². The van der Waals surface area contributed by atoms with Crippen LogP contribution in [0, 0.1) is 6.92 Å². The van der Waals surface area contributed by atoms with Gasteiger partial charge in [-0.3, -0.25) is 9.52 Å². The topological polar surface area (TPSA) is 105 Å². The van der Waals surface area contributed by atoms with Gasteiger partial charge < -0.3 is 15.2 Å². The predicted molar refractivity (Wildman–Crippen MR) is 183 cm³/mol. The number of aryl methyl sites for hydroxylation is 1. The molecule has 3 N–H and O–H groups in total. The number of aromatic hydroxyl groups is 1. The van der Waals surface area contributed by atoms with Gasteiger partial charge in [0.25, 0.3) is 15.9 Å². The summed E-state index contributed by atoms with van der Waals surface area (Å²) in [5.41, 5.74) is 3.60. The molecule has 0 saturated heterocycles. The molecule has 0 heterocycles. The fourth-order valence-corrected chi connectivity index (χ4v) is 6.16. The van der Waals surface area contributed by atoms with Crippen LogP contribution < -0.4 is 14.8 Å². The van der Waals surface area contributed by atoms with Crippen LogP contribution in [0.3, 0.4) is 0 Å². The molecule has 0 aliphatic carbocycles. The van der Waals surface area contributed by atoms with E-state index in [0.29, 0.717) is 30.3 Å². The summed E-state index contributed by atoms with van der Waals surface area (Å²) in [5, 5.41) is 14.7. The summed E-state index contributed by atoms with van der Waals surface area (Å²) in [6, 6.07) is 21.2. The molecule has 0 aliphatic rings. The summed E-state index contributed by atoms with van der Waals surface area (Å²) in [7, 11) is -3.94. The molecule has 0 aliphatic heterocycles. The molecule has 8 heteroatoms. The Morgan fingerprint density at radius 3 is 2.16 bits per heavy atom. The van der Waals surface area contributed by atoms with E-state index in [1.54, 1.807) is 36.4 Å². The van der Waals surface area contributed by atoms with Crippen LogP contribution in [0.1, 0.15) is 87.9 Å². The summed E-state index contributed by atoms with van der Waals surface area (Å²) in [6.45, 7) is 15.9. The number of rotatable bonds is 13. The predicted octanol–water partition coefficient (Wildman–Crippen LogP) is 8.23. The van der Waals surface area contributed by atoms with E-state index in [1.807, 2.05) is 6.92 Å². The summed E-state index contributed by atoms with van der Waals surface area (Å²) < 4.78 is 35.2. The maximum absolute atomic E-state index is 13.3. The van der Waals surface area contributed by atoms with Crippen molar-refractivity contribution in [1.82, 2.24) is 5.32 Å². The molecule has 0 atom stereocenters.